The molecule has 1 amide bonds. The number of carbonyl (C=O) groups is 1. The Balaban J connectivity index is 1.81. The molecule has 0 aliphatic heterocycles. The van der Waals surface area contributed by atoms with Gasteiger partial charge in [0.2, 0.25) is 11.5 Å². The van der Waals surface area contributed by atoms with Crippen molar-refractivity contribution < 1.29 is 33.3 Å². The first-order valence-electron chi connectivity index (χ1n) is 9.46. The number of ether oxygens (including phenoxy) is 3. The molecule has 0 radical (unpaired) electrons. The van der Waals surface area contributed by atoms with Gasteiger partial charge in [-0.15, -0.1) is 0 Å². The number of amides is 1. The highest BCUT2D eigenvalue weighted by Crippen LogP contribution is 2.46. The number of non-ortho nitro benzene ring substituents is 1. The van der Waals surface area contributed by atoms with E-state index in [1.165, 1.54) is 51.8 Å². The fourth-order valence-corrected chi connectivity index (χ4v) is 3.03. The van der Waals surface area contributed by atoms with E-state index < -0.39 is 21.4 Å². The summed E-state index contributed by atoms with van der Waals surface area (Å²) in [6.07, 6.45) is 1.19. The molecule has 0 fully saturated rings. The number of nitrogens with one attached hydrogen (secondary N) is 1. The third-order valence-corrected chi connectivity index (χ3v) is 4.58. The van der Waals surface area contributed by atoms with Crippen LogP contribution < -0.4 is 19.6 Å². The van der Waals surface area contributed by atoms with E-state index in [9.17, 15) is 25.0 Å². The molecule has 2 aromatic carbocycles. The molecule has 13 nitrogen and oxygen atoms in total. The highest BCUT2D eigenvalue weighted by molar-refractivity contribution is 6.01. The number of nitro benzene ring substituents is 2. The van der Waals surface area contributed by atoms with Crippen LogP contribution in [0.2, 0.25) is 0 Å². The maximum absolute atomic E-state index is 12.6. The molecule has 1 N–H and O–H groups in total. The molecule has 1 heterocycles. The average Bonchev–Trinajstić information content (AvgIpc) is 3.31. The topological polar surface area (TPSA) is 169 Å². The highest BCUT2D eigenvalue weighted by Gasteiger charge is 2.32. The predicted octanol–water partition coefficient (Wildman–Crippen LogP) is 3.55. The van der Waals surface area contributed by atoms with Gasteiger partial charge in [0.1, 0.15) is 17.1 Å². The van der Waals surface area contributed by atoms with Crippen LogP contribution in [0.1, 0.15) is 16.1 Å². The molecule has 3 aromatic rings. The third kappa shape index (κ3) is 4.77. The van der Waals surface area contributed by atoms with E-state index in [0.717, 1.165) is 6.07 Å². The molecule has 0 saturated carbocycles. The van der Waals surface area contributed by atoms with Gasteiger partial charge in [-0.25, -0.2) is 5.43 Å². The number of hydrogen-bond donors (Lipinski definition) is 1. The van der Waals surface area contributed by atoms with Gasteiger partial charge in [-0.05, 0) is 24.3 Å². The lowest BCUT2D eigenvalue weighted by Gasteiger charge is -2.14. The molecule has 0 aliphatic carbocycles. The SMILES string of the molecule is COc1cc(C(=O)NN=Cc2ccc(-c3ccc([N+](=O)[O-])cc3)o2)c([N+](=O)[O-])c(OC)c1OC. The lowest BCUT2D eigenvalue weighted by molar-refractivity contribution is -0.386. The number of rotatable bonds is 9. The zero-order chi connectivity index (χ0) is 24.8. The van der Waals surface area contributed by atoms with Crippen molar-refractivity contribution in [1.29, 1.82) is 0 Å². The van der Waals surface area contributed by atoms with Gasteiger partial charge >= 0.3 is 5.69 Å². The first-order chi connectivity index (χ1) is 16.3. The number of carbonyl (C=O) groups excluding carboxylic acids is 1. The molecule has 0 aliphatic rings. The van der Waals surface area contributed by atoms with E-state index >= 15 is 0 Å². The first kappa shape index (κ1) is 23.7. The second-order valence-electron chi connectivity index (χ2n) is 6.50. The summed E-state index contributed by atoms with van der Waals surface area (Å²) in [7, 11) is 3.79. The van der Waals surface area contributed by atoms with E-state index in [-0.39, 0.29) is 34.3 Å². The minimum atomic E-state index is -0.899. The van der Waals surface area contributed by atoms with Gasteiger partial charge in [-0.3, -0.25) is 25.0 Å². The van der Waals surface area contributed by atoms with Crippen molar-refractivity contribution in [3.8, 4) is 28.6 Å². The van der Waals surface area contributed by atoms with Crippen LogP contribution in [0, 0.1) is 20.2 Å². The molecule has 0 spiro atoms. The van der Waals surface area contributed by atoms with Gasteiger partial charge in [0, 0.05) is 23.8 Å². The smallest absolute Gasteiger partial charge is 0.327 e. The number of methoxy groups -OCH3 is 3. The average molecular weight is 470 g/mol. The van der Waals surface area contributed by atoms with Gasteiger partial charge in [0.05, 0.1) is 37.4 Å². The molecular formula is C21H18N4O9. The molecule has 0 atom stereocenters. The van der Waals surface area contributed by atoms with Crippen LogP contribution >= 0.6 is 0 Å². The van der Waals surface area contributed by atoms with Crippen LogP contribution in [0.3, 0.4) is 0 Å². The summed E-state index contributed by atoms with van der Waals surface area (Å²) in [5.74, 6) is -0.482. The van der Waals surface area contributed by atoms with Crippen molar-refractivity contribution in [1.82, 2.24) is 5.43 Å². The van der Waals surface area contributed by atoms with Crippen LogP contribution in [0.5, 0.6) is 17.2 Å². The van der Waals surface area contributed by atoms with Gasteiger partial charge in [0.15, 0.2) is 5.75 Å². The Labute approximate surface area is 191 Å². The molecule has 0 unspecified atom stereocenters. The van der Waals surface area contributed by atoms with Crippen molar-refractivity contribution in [2.45, 2.75) is 0 Å². The number of benzene rings is 2. The Hall–Kier alpha value is -4.94. The van der Waals surface area contributed by atoms with E-state index in [2.05, 4.69) is 10.5 Å². The van der Waals surface area contributed by atoms with Crippen molar-refractivity contribution in [2.24, 2.45) is 5.10 Å². The second kappa shape index (κ2) is 10.1. The van der Waals surface area contributed by atoms with E-state index in [4.69, 9.17) is 18.6 Å². The normalized spacial score (nSPS) is 10.7. The highest BCUT2D eigenvalue weighted by atomic mass is 16.6. The Morgan fingerprint density at radius 2 is 1.65 bits per heavy atom. The minimum Gasteiger partial charge on any atom is -0.493 e. The molecule has 0 bridgehead atoms. The lowest BCUT2D eigenvalue weighted by atomic mass is 10.1. The number of hydrogen-bond acceptors (Lipinski definition) is 10. The monoisotopic (exact) mass is 470 g/mol. The maximum atomic E-state index is 12.6. The fraction of sp³-hybridized carbons (Fsp3) is 0.143. The Morgan fingerprint density at radius 3 is 2.21 bits per heavy atom. The maximum Gasteiger partial charge on any atom is 0.327 e. The Morgan fingerprint density at radius 1 is 0.971 bits per heavy atom. The van der Waals surface area contributed by atoms with Crippen LogP contribution in [0.15, 0.2) is 52.0 Å². The lowest BCUT2D eigenvalue weighted by Crippen LogP contribution is -2.19. The molecule has 34 heavy (non-hydrogen) atoms. The summed E-state index contributed by atoms with van der Waals surface area (Å²) in [6.45, 7) is 0. The summed E-state index contributed by atoms with van der Waals surface area (Å²) >= 11 is 0. The minimum absolute atomic E-state index is 0.0360. The van der Waals surface area contributed by atoms with Crippen LogP contribution in [0.4, 0.5) is 11.4 Å². The molecule has 0 saturated heterocycles. The quantitative estimate of drug-likeness (QED) is 0.279. The largest absolute Gasteiger partial charge is 0.493 e. The second-order valence-corrected chi connectivity index (χ2v) is 6.50. The predicted molar refractivity (Wildman–Crippen MR) is 119 cm³/mol. The third-order valence-electron chi connectivity index (χ3n) is 4.58. The molecule has 1 aromatic heterocycles. The van der Waals surface area contributed by atoms with Gasteiger partial charge in [-0.1, -0.05) is 0 Å². The van der Waals surface area contributed by atoms with Gasteiger partial charge < -0.3 is 18.6 Å². The van der Waals surface area contributed by atoms with E-state index in [1.54, 1.807) is 12.1 Å². The van der Waals surface area contributed by atoms with Crippen LogP contribution in [-0.2, 0) is 0 Å². The van der Waals surface area contributed by atoms with E-state index in [1.807, 2.05) is 0 Å². The zero-order valence-electron chi connectivity index (χ0n) is 18.1. The van der Waals surface area contributed by atoms with Gasteiger partial charge in [0.25, 0.3) is 11.6 Å². The van der Waals surface area contributed by atoms with Crippen molar-refractivity contribution in [3.05, 3.63) is 74.0 Å². The zero-order valence-corrected chi connectivity index (χ0v) is 18.1. The van der Waals surface area contributed by atoms with Crippen molar-refractivity contribution in [3.63, 3.8) is 0 Å². The van der Waals surface area contributed by atoms with Crippen molar-refractivity contribution in [2.75, 3.05) is 21.3 Å². The fourth-order valence-electron chi connectivity index (χ4n) is 3.03. The summed E-state index contributed by atoms with van der Waals surface area (Å²) in [6, 6.07) is 10.1. The standard InChI is InChI=1S/C21H18N4O9/c1-31-17-10-15(18(25(29)30)20(33-3)19(17)32-2)21(26)23-22-11-14-8-9-16(34-14)12-4-6-13(7-5-12)24(27)28/h4-11H,1-3H3,(H,23,26). The summed E-state index contributed by atoms with van der Waals surface area (Å²) < 4.78 is 20.9. The Bertz CT molecular complexity index is 1270. The Kier molecular flexibility index (Phi) is 7.06. The summed E-state index contributed by atoms with van der Waals surface area (Å²) in [5.41, 5.74) is 1.76. The summed E-state index contributed by atoms with van der Waals surface area (Å²) in [4.78, 5) is 33.7. The van der Waals surface area contributed by atoms with Crippen molar-refractivity contribution >= 4 is 23.5 Å². The molecular weight excluding hydrogens is 452 g/mol. The summed E-state index contributed by atoms with van der Waals surface area (Å²) in [5, 5.41) is 26.2. The van der Waals surface area contributed by atoms with E-state index in [0.29, 0.717) is 11.3 Å². The molecule has 176 valence electrons. The number of furan rings is 1. The molecule has 13 heteroatoms. The number of nitro groups is 2. The van der Waals surface area contributed by atoms with Gasteiger partial charge in [-0.2, -0.15) is 5.10 Å². The van der Waals surface area contributed by atoms with Crippen LogP contribution in [0.25, 0.3) is 11.3 Å². The molecule has 3 rings (SSSR count). The van der Waals surface area contributed by atoms with Crippen LogP contribution in [-0.4, -0.2) is 43.3 Å². The first-order valence-corrected chi connectivity index (χ1v) is 9.46. The number of hydrazone groups is 1. The number of nitrogens with zero attached hydrogens (tertiary/aromatic N) is 3.